The molecule has 1 aromatic carbocycles. The van der Waals surface area contributed by atoms with E-state index in [-0.39, 0.29) is 10.6 Å². The van der Waals surface area contributed by atoms with Gasteiger partial charge < -0.3 is 9.80 Å². The van der Waals surface area contributed by atoms with Crippen LogP contribution in [0.1, 0.15) is 0 Å². The lowest BCUT2D eigenvalue weighted by Crippen LogP contribution is -2.47. The minimum atomic E-state index is -0.494. The van der Waals surface area contributed by atoms with E-state index in [4.69, 9.17) is 11.6 Å². The number of rotatable bonds is 3. The van der Waals surface area contributed by atoms with E-state index in [2.05, 4.69) is 10.1 Å². The van der Waals surface area contributed by atoms with E-state index in [1.54, 1.807) is 30.5 Å². The van der Waals surface area contributed by atoms with Crippen LogP contribution in [0.5, 0.6) is 0 Å². The van der Waals surface area contributed by atoms with Crippen LogP contribution in [0.3, 0.4) is 0 Å². The maximum Gasteiger partial charge on any atom is 0.292 e. The number of pyridine rings is 1. The van der Waals surface area contributed by atoms with Crippen molar-refractivity contribution in [3.8, 4) is 5.69 Å². The van der Waals surface area contributed by atoms with Gasteiger partial charge in [-0.25, -0.2) is 4.98 Å². The van der Waals surface area contributed by atoms with Gasteiger partial charge in [0.1, 0.15) is 10.8 Å². The van der Waals surface area contributed by atoms with Gasteiger partial charge in [0.15, 0.2) is 0 Å². The summed E-state index contributed by atoms with van der Waals surface area (Å²) in [6, 6.07) is 13.9. The maximum atomic E-state index is 13.3. The number of para-hydroxylation sites is 1. The number of anilines is 2. The highest BCUT2D eigenvalue weighted by Crippen LogP contribution is 2.24. The van der Waals surface area contributed by atoms with Gasteiger partial charge >= 0.3 is 0 Å². The van der Waals surface area contributed by atoms with Crippen LogP contribution in [0.25, 0.3) is 5.69 Å². The molecule has 0 bridgehead atoms. The summed E-state index contributed by atoms with van der Waals surface area (Å²) in [5, 5.41) is 4.42. The van der Waals surface area contributed by atoms with E-state index in [9.17, 15) is 9.18 Å². The number of hydrogen-bond acceptors (Lipinski definition) is 5. The van der Waals surface area contributed by atoms with Crippen molar-refractivity contribution in [1.82, 2.24) is 14.8 Å². The molecule has 0 N–H and O–H groups in total. The first kappa shape index (κ1) is 17.5. The molecule has 0 aliphatic carbocycles. The second kappa shape index (κ2) is 7.36. The van der Waals surface area contributed by atoms with Crippen LogP contribution in [-0.2, 0) is 0 Å². The lowest BCUT2D eigenvalue weighted by Gasteiger charge is -2.36. The van der Waals surface area contributed by atoms with E-state index < -0.39 is 5.95 Å². The second-order valence-corrected chi connectivity index (χ2v) is 6.57. The van der Waals surface area contributed by atoms with Crippen LogP contribution >= 0.6 is 11.6 Å². The summed E-state index contributed by atoms with van der Waals surface area (Å²) in [4.78, 5) is 20.6. The topological polar surface area (TPSA) is 54.3 Å². The lowest BCUT2D eigenvalue weighted by molar-refractivity contribution is 0.574. The van der Waals surface area contributed by atoms with Crippen LogP contribution in [0.4, 0.5) is 15.9 Å². The fourth-order valence-corrected chi connectivity index (χ4v) is 3.40. The van der Waals surface area contributed by atoms with Crippen LogP contribution in [0.2, 0.25) is 5.02 Å². The van der Waals surface area contributed by atoms with Gasteiger partial charge in [0.2, 0.25) is 5.95 Å². The summed E-state index contributed by atoms with van der Waals surface area (Å²) in [6.07, 6.45) is 1.62. The average molecular weight is 386 g/mol. The Bertz CT molecular complexity index is 1000. The normalized spacial score (nSPS) is 14.4. The Morgan fingerprint density at radius 3 is 2.33 bits per heavy atom. The molecule has 2 aromatic heterocycles. The Morgan fingerprint density at radius 2 is 1.63 bits per heavy atom. The van der Waals surface area contributed by atoms with Gasteiger partial charge in [-0.2, -0.15) is 14.2 Å². The first-order valence-corrected chi connectivity index (χ1v) is 8.97. The Morgan fingerprint density at radius 1 is 0.926 bits per heavy atom. The van der Waals surface area contributed by atoms with Crippen LogP contribution in [0, 0.1) is 5.95 Å². The van der Waals surface area contributed by atoms with E-state index in [0.717, 1.165) is 0 Å². The van der Waals surface area contributed by atoms with Gasteiger partial charge in [-0.05, 0) is 24.3 Å². The number of halogens is 2. The van der Waals surface area contributed by atoms with Crippen LogP contribution in [-0.4, -0.2) is 40.9 Å². The highest BCUT2D eigenvalue weighted by atomic mass is 35.5. The highest BCUT2D eigenvalue weighted by Gasteiger charge is 2.22. The molecule has 1 aliphatic heterocycles. The highest BCUT2D eigenvalue weighted by molar-refractivity contribution is 6.33. The number of aromatic nitrogens is 3. The fourth-order valence-electron chi connectivity index (χ4n) is 3.15. The predicted octanol–water partition coefficient (Wildman–Crippen LogP) is 2.75. The predicted molar refractivity (Wildman–Crippen MR) is 103 cm³/mol. The number of nitrogens with zero attached hydrogens (tertiary/aromatic N) is 5. The molecule has 0 spiro atoms. The maximum absolute atomic E-state index is 13.3. The molecule has 1 saturated heterocycles. The summed E-state index contributed by atoms with van der Waals surface area (Å²) in [5.41, 5.74) is 0.924. The molecule has 8 heteroatoms. The molecule has 0 amide bonds. The minimum absolute atomic E-state index is 0.145. The van der Waals surface area contributed by atoms with Crippen molar-refractivity contribution in [3.63, 3.8) is 0 Å². The van der Waals surface area contributed by atoms with Crippen molar-refractivity contribution in [3.05, 3.63) is 76.1 Å². The molecule has 6 nitrogen and oxygen atoms in total. The Balaban J connectivity index is 1.53. The molecule has 0 saturated carbocycles. The quantitative estimate of drug-likeness (QED) is 0.649. The van der Waals surface area contributed by atoms with Gasteiger partial charge in [0.25, 0.3) is 5.56 Å². The third kappa shape index (κ3) is 3.50. The zero-order valence-electron chi connectivity index (χ0n) is 14.4. The van der Waals surface area contributed by atoms with Gasteiger partial charge in [0, 0.05) is 26.2 Å². The van der Waals surface area contributed by atoms with E-state index in [0.29, 0.717) is 43.4 Å². The second-order valence-electron chi connectivity index (χ2n) is 6.19. The molecule has 0 atom stereocenters. The SMILES string of the molecule is O=c1c(Cl)c(N2CCN(c3cccc(F)n3)CC2)cnn1-c1ccccc1. The summed E-state index contributed by atoms with van der Waals surface area (Å²) in [7, 11) is 0. The molecule has 1 aliphatic rings. The Hall–Kier alpha value is -2.93. The van der Waals surface area contributed by atoms with Crippen molar-refractivity contribution in [2.75, 3.05) is 36.0 Å². The van der Waals surface area contributed by atoms with Gasteiger partial charge in [0.05, 0.1) is 17.6 Å². The summed E-state index contributed by atoms with van der Waals surface area (Å²) in [5.74, 6) is 0.116. The number of hydrogen-bond donors (Lipinski definition) is 0. The molecular weight excluding hydrogens is 369 g/mol. The first-order chi connectivity index (χ1) is 13.1. The Labute approximate surface area is 160 Å². The minimum Gasteiger partial charge on any atom is -0.365 e. The zero-order valence-corrected chi connectivity index (χ0v) is 15.2. The summed E-state index contributed by atoms with van der Waals surface area (Å²) >= 11 is 6.37. The van der Waals surface area contributed by atoms with E-state index >= 15 is 0 Å². The van der Waals surface area contributed by atoms with Gasteiger partial charge in [-0.15, -0.1) is 0 Å². The molecule has 0 unspecified atom stereocenters. The van der Waals surface area contributed by atoms with E-state index in [1.165, 1.54) is 10.7 Å². The summed E-state index contributed by atoms with van der Waals surface area (Å²) < 4.78 is 14.6. The third-order valence-corrected chi connectivity index (χ3v) is 4.90. The van der Waals surface area contributed by atoms with Crippen molar-refractivity contribution in [1.29, 1.82) is 0 Å². The fraction of sp³-hybridized carbons (Fsp3) is 0.211. The van der Waals surface area contributed by atoms with Crippen molar-refractivity contribution >= 4 is 23.1 Å². The monoisotopic (exact) mass is 385 g/mol. The number of piperazine rings is 1. The standard InChI is InChI=1S/C19H17ClFN5O/c20-18-15(13-22-26(19(18)27)14-5-2-1-3-6-14)24-9-11-25(12-10-24)17-8-4-7-16(21)23-17/h1-8,13H,9-12H2. The Kier molecular flexibility index (Phi) is 4.77. The van der Waals surface area contributed by atoms with Crippen molar-refractivity contribution in [2.24, 2.45) is 0 Å². The van der Waals surface area contributed by atoms with Crippen molar-refractivity contribution < 1.29 is 4.39 Å². The molecule has 1 fully saturated rings. The third-order valence-electron chi connectivity index (χ3n) is 4.55. The average Bonchev–Trinajstić information content (AvgIpc) is 2.71. The smallest absolute Gasteiger partial charge is 0.292 e. The lowest BCUT2D eigenvalue weighted by atomic mass is 10.2. The van der Waals surface area contributed by atoms with Gasteiger partial charge in [-0.3, -0.25) is 4.79 Å². The molecular formula is C19H17ClFN5O. The first-order valence-electron chi connectivity index (χ1n) is 8.59. The van der Waals surface area contributed by atoms with Crippen LogP contribution < -0.4 is 15.4 Å². The zero-order chi connectivity index (χ0) is 18.8. The van der Waals surface area contributed by atoms with Crippen LogP contribution in [0.15, 0.2) is 59.5 Å². The molecule has 4 rings (SSSR count). The van der Waals surface area contributed by atoms with Gasteiger partial charge in [-0.1, -0.05) is 35.9 Å². The molecule has 3 aromatic rings. The molecule has 3 heterocycles. The molecule has 27 heavy (non-hydrogen) atoms. The molecule has 138 valence electrons. The molecule has 0 radical (unpaired) electrons. The summed E-state index contributed by atoms with van der Waals surface area (Å²) in [6.45, 7) is 2.56. The largest absolute Gasteiger partial charge is 0.365 e. The van der Waals surface area contributed by atoms with Crippen molar-refractivity contribution in [2.45, 2.75) is 0 Å². The van der Waals surface area contributed by atoms with E-state index in [1.807, 2.05) is 28.0 Å². The number of benzene rings is 1.